The molecule has 0 atom stereocenters. The summed E-state index contributed by atoms with van der Waals surface area (Å²) in [5.74, 6) is -0.104. The van der Waals surface area contributed by atoms with Crippen molar-refractivity contribution in [2.24, 2.45) is 0 Å². The van der Waals surface area contributed by atoms with Crippen LogP contribution in [0.1, 0.15) is 52.9 Å². The summed E-state index contributed by atoms with van der Waals surface area (Å²) in [4.78, 5) is 25.8. The highest BCUT2D eigenvalue weighted by molar-refractivity contribution is 7.89. The summed E-state index contributed by atoms with van der Waals surface area (Å²) >= 11 is 0. The van der Waals surface area contributed by atoms with Crippen molar-refractivity contribution in [1.29, 1.82) is 0 Å². The molecular formula is C27H31N5O6S. The van der Waals surface area contributed by atoms with Crippen LogP contribution < -0.4 is 4.74 Å². The van der Waals surface area contributed by atoms with Crippen molar-refractivity contribution < 1.29 is 22.9 Å². The fourth-order valence-corrected chi connectivity index (χ4v) is 6.70. The largest absolute Gasteiger partial charge is 0.437 e. The van der Waals surface area contributed by atoms with Crippen molar-refractivity contribution in [2.75, 3.05) is 26.2 Å². The number of nitrogens with zero attached hydrogens (tertiary/aromatic N) is 5. The molecule has 2 saturated heterocycles. The van der Waals surface area contributed by atoms with Gasteiger partial charge in [0, 0.05) is 43.9 Å². The van der Waals surface area contributed by atoms with Crippen LogP contribution in [0.4, 0.5) is 5.69 Å². The predicted octanol–water partition coefficient (Wildman–Crippen LogP) is 4.52. The summed E-state index contributed by atoms with van der Waals surface area (Å²) in [5, 5.41) is 16.2. The lowest BCUT2D eigenvalue weighted by molar-refractivity contribution is -0.385. The Hall–Kier alpha value is -3.77. The molecule has 39 heavy (non-hydrogen) atoms. The van der Waals surface area contributed by atoms with E-state index in [4.69, 9.17) is 4.74 Å². The molecule has 0 saturated carbocycles. The molecule has 2 aromatic carbocycles. The number of hydrogen-bond donors (Lipinski definition) is 0. The molecule has 11 nitrogen and oxygen atoms in total. The molecule has 2 aliphatic rings. The second kappa shape index (κ2) is 10.4. The molecule has 206 valence electrons. The maximum Gasteiger partial charge on any atom is 0.274 e. The van der Waals surface area contributed by atoms with Crippen LogP contribution in [0.5, 0.6) is 11.6 Å². The normalized spacial score (nSPS) is 16.1. The first-order chi connectivity index (χ1) is 18.6. The van der Waals surface area contributed by atoms with Gasteiger partial charge in [-0.25, -0.2) is 8.42 Å². The fourth-order valence-electron chi connectivity index (χ4n) is 5.05. The number of likely N-dealkylation sites (tertiary alicyclic amines) is 1. The third kappa shape index (κ3) is 5.01. The quantitative estimate of drug-likeness (QED) is 0.311. The number of rotatable bonds is 7. The van der Waals surface area contributed by atoms with Gasteiger partial charge in [0.2, 0.25) is 15.9 Å². The van der Waals surface area contributed by atoms with Gasteiger partial charge in [0.1, 0.15) is 10.6 Å². The number of ether oxygens (including phenoxy) is 1. The first kappa shape index (κ1) is 26.8. The summed E-state index contributed by atoms with van der Waals surface area (Å²) < 4.78 is 36.3. The summed E-state index contributed by atoms with van der Waals surface area (Å²) in [6.45, 7) is 7.51. The van der Waals surface area contributed by atoms with Crippen molar-refractivity contribution in [3.8, 4) is 17.3 Å². The molecule has 0 spiro atoms. The van der Waals surface area contributed by atoms with Crippen LogP contribution in [-0.2, 0) is 10.0 Å². The summed E-state index contributed by atoms with van der Waals surface area (Å²) in [6, 6.07) is 9.35. The van der Waals surface area contributed by atoms with Gasteiger partial charge in [-0.3, -0.25) is 14.9 Å². The molecule has 12 heteroatoms. The molecule has 2 fully saturated rings. The van der Waals surface area contributed by atoms with Crippen LogP contribution in [0, 0.1) is 30.9 Å². The van der Waals surface area contributed by atoms with E-state index >= 15 is 0 Å². The van der Waals surface area contributed by atoms with Crippen LogP contribution >= 0.6 is 0 Å². The molecule has 0 radical (unpaired) electrons. The average Bonchev–Trinajstić information content (AvgIpc) is 3.68. The van der Waals surface area contributed by atoms with Gasteiger partial charge in [0.15, 0.2) is 5.69 Å². The number of aryl methyl sites for hydroxylation is 2. The van der Waals surface area contributed by atoms with Crippen LogP contribution in [0.2, 0.25) is 0 Å². The van der Waals surface area contributed by atoms with Gasteiger partial charge < -0.3 is 9.64 Å². The Bertz CT molecular complexity index is 1550. The smallest absolute Gasteiger partial charge is 0.274 e. The lowest BCUT2D eigenvalue weighted by Crippen LogP contribution is -2.28. The Morgan fingerprint density at radius 3 is 2.31 bits per heavy atom. The third-order valence-electron chi connectivity index (χ3n) is 7.28. The van der Waals surface area contributed by atoms with Gasteiger partial charge in [-0.2, -0.15) is 14.1 Å². The van der Waals surface area contributed by atoms with Crippen molar-refractivity contribution in [1.82, 2.24) is 19.0 Å². The van der Waals surface area contributed by atoms with E-state index in [1.807, 2.05) is 32.0 Å². The topological polar surface area (TPSA) is 128 Å². The van der Waals surface area contributed by atoms with E-state index in [0.29, 0.717) is 50.3 Å². The minimum Gasteiger partial charge on any atom is -0.437 e. The van der Waals surface area contributed by atoms with E-state index in [1.165, 1.54) is 21.1 Å². The Balaban J connectivity index is 1.67. The first-order valence-corrected chi connectivity index (χ1v) is 14.4. The van der Waals surface area contributed by atoms with Crippen molar-refractivity contribution >= 4 is 21.6 Å². The van der Waals surface area contributed by atoms with E-state index in [9.17, 15) is 23.3 Å². The number of carbonyl (C=O) groups excluding carboxylic acids is 1. The first-order valence-electron chi connectivity index (χ1n) is 13.0. The fraction of sp³-hybridized carbons (Fsp3) is 0.407. The molecule has 0 aliphatic carbocycles. The van der Waals surface area contributed by atoms with Gasteiger partial charge in [0.25, 0.3) is 11.6 Å². The number of carbonyl (C=O) groups is 1. The zero-order chi connectivity index (χ0) is 27.9. The zero-order valence-electron chi connectivity index (χ0n) is 22.2. The Morgan fingerprint density at radius 2 is 1.64 bits per heavy atom. The average molecular weight is 554 g/mol. The van der Waals surface area contributed by atoms with Gasteiger partial charge in [0.05, 0.1) is 10.6 Å². The minimum absolute atomic E-state index is 0.0674. The highest BCUT2D eigenvalue weighted by atomic mass is 32.2. The van der Waals surface area contributed by atoms with E-state index in [1.54, 1.807) is 11.8 Å². The maximum atomic E-state index is 13.6. The lowest BCUT2D eigenvalue weighted by Gasteiger charge is -2.19. The van der Waals surface area contributed by atoms with E-state index < -0.39 is 14.9 Å². The van der Waals surface area contributed by atoms with Crippen LogP contribution in [-0.4, -0.2) is 64.4 Å². The number of nitro benzene ring substituents is 1. The number of nitro groups is 1. The molecule has 2 aliphatic heterocycles. The minimum atomic E-state index is -4.07. The van der Waals surface area contributed by atoms with Crippen molar-refractivity contribution in [3.63, 3.8) is 0 Å². The molecule has 1 amide bonds. The number of aromatic nitrogens is 2. The maximum absolute atomic E-state index is 13.6. The molecule has 0 bridgehead atoms. The van der Waals surface area contributed by atoms with E-state index in [-0.39, 0.29) is 33.8 Å². The van der Waals surface area contributed by atoms with Crippen molar-refractivity contribution in [2.45, 2.75) is 51.3 Å². The number of sulfonamides is 1. The summed E-state index contributed by atoms with van der Waals surface area (Å²) in [6.07, 6.45) is 3.27. The van der Waals surface area contributed by atoms with Gasteiger partial charge in [-0.1, -0.05) is 12.1 Å². The number of benzene rings is 2. The third-order valence-corrected chi connectivity index (χ3v) is 9.20. The lowest BCUT2D eigenvalue weighted by atomic mass is 10.1. The number of amides is 1. The van der Waals surface area contributed by atoms with Crippen LogP contribution in [0.3, 0.4) is 0 Å². The second-order valence-electron chi connectivity index (χ2n) is 10.1. The molecule has 3 heterocycles. The summed E-state index contributed by atoms with van der Waals surface area (Å²) in [5.41, 5.74) is 2.84. The zero-order valence-corrected chi connectivity index (χ0v) is 23.0. The van der Waals surface area contributed by atoms with Gasteiger partial charge in [-0.15, -0.1) is 0 Å². The molecule has 1 aromatic heterocycles. The van der Waals surface area contributed by atoms with Crippen LogP contribution in [0.25, 0.3) is 5.69 Å². The molecule has 5 rings (SSSR count). The van der Waals surface area contributed by atoms with Crippen LogP contribution in [0.15, 0.2) is 41.3 Å². The highest BCUT2D eigenvalue weighted by Gasteiger charge is 2.34. The number of hydrogen-bond acceptors (Lipinski definition) is 7. The Labute approximate surface area is 227 Å². The standard InChI is InChI=1S/C27H31N5O6S/c1-18-8-9-19(2)22(16-18)31-27(20(3)25(28-31)26(33)29-12-4-5-13-29)38-23-11-10-21(32(34)35)17-24(23)39(36,37)30-14-6-7-15-30/h8-11,16-17H,4-7,12-15H2,1-3H3. The van der Waals surface area contributed by atoms with Gasteiger partial charge in [-0.05, 0) is 69.7 Å². The molecule has 3 aromatic rings. The predicted molar refractivity (Wildman–Crippen MR) is 144 cm³/mol. The Morgan fingerprint density at radius 1 is 0.974 bits per heavy atom. The molecule has 0 N–H and O–H groups in total. The molecule has 0 unspecified atom stereocenters. The molecular weight excluding hydrogens is 522 g/mol. The van der Waals surface area contributed by atoms with Gasteiger partial charge >= 0.3 is 0 Å². The van der Waals surface area contributed by atoms with E-state index in [2.05, 4.69) is 5.10 Å². The number of non-ortho nitro benzene ring substituents is 1. The Kier molecular flexibility index (Phi) is 7.17. The van der Waals surface area contributed by atoms with Crippen molar-refractivity contribution in [3.05, 3.63) is 68.9 Å². The second-order valence-corrected chi connectivity index (χ2v) is 12.0. The SMILES string of the molecule is Cc1ccc(C)c(-n2nc(C(=O)N3CCCC3)c(C)c2Oc2ccc([N+](=O)[O-])cc2S(=O)(=O)N2CCCC2)c1. The highest BCUT2D eigenvalue weighted by Crippen LogP contribution is 2.38. The monoisotopic (exact) mass is 553 g/mol. The summed E-state index contributed by atoms with van der Waals surface area (Å²) in [7, 11) is -4.07. The van der Waals surface area contributed by atoms with E-state index in [0.717, 1.165) is 30.0 Å².